The number of aliphatic carboxylic acids is 1. The van der Waals surface area contributed by atoms with Gasteiger partial charge in [0, 0.05) is 29.3 Å². The van der Waals surface area contributed by atoms with Crippen LogP contribution < -0.4 is 21.9 Å². The number of carbonyl (C=O) groups excluding carboxylic acids is 3. The summed E-state index contributed by atoms with van der Waals surface area (Å²) in [6.45, 7) is 9.40. The molecule has 3 rings (SSSR count). The second-order valence-electron chi connectivity index (χ2n) is 11.2. The summed E-state index contributed by atoms with van der Waals surface area (Å²) in [6, 6.07) is 5.01. The first-order valence-corrected chi connectivity index (χ1v) is 15.6. The Hall–Kier alpha value is -4.02. The first-order valence-electron chi connectivity index (χ1n) is 14.1. The van der Waals surface area contributed by atoms with Crippen molar-refractivity contribution in [3.8, 4) is 0 Å². The molecule has 16 heteroatoms. The van der Waals surface area contributed by atoms with E-state index in [9.17, 15) is 29.1 Å². The molecule has 0 aliphatic heterocycles. The number of rotatable bonds is 15. The molecule has 1 amide bonds. The second kappa shape index (κ2) is 15.3. The molecule has 2 aromatic heterocycles. The van der Waals surface area contributed by atoms with Gasteiger partial charge in [-0.2, -0.15) is 4.98 Å². The van der Waals surface area contributed by atoms with E-state index in [2.05, 4.69) is 30.6 Å². The third-order valence-corrected chi connectivity index (χ3v) is 8.51. The Kier molecular flexibility index (Phi) is 12.1. The Morgan fingerprint density at radius 3 is 2.44 bits per heavy atom. The highest BCUT2D eigenvalue weighted by Crippen LogP contribution is 2.38. The van der Waals surface area contributed by atoms with E-state index < -0.39 is 33.8 Å². The van der Waals surface area contributed by atoms with Crippen LogP contribution in [-0.4, -0.2) is 63.5 Å². The van der Waals surface area contributed by atoms with E-state index in [-0.39, 0.29) is 52.3 Å². The van der Waals surface area contributed by atoms with E-state index in [0.29, 0.717) is 36.3 Å². The minimum absolute atomic E-state index is 0.00596. The summed E-state index contributed by atoms with van der Waals surface area (Å²) in [5, 5.41) is 14.8. The molecule has 2 unspecified atom stereocenters. The molecule has 0 aliphatic rings. The van der Waals surface area contributed by atoms with E-state index in [4.69, 9.17) is 9.92 Å². The van der Waals surface area contributed by atoms with Gasteiger partial charge in [0.1, 0.15) is 6.04 Å². The Balaban J connectivity index is 1.51. The fourth-order valence-electron chi connectivity index (χ4n) is 4.48. The molecule has 14 nitrogen and oxygen atoms in total. The van der Waals surface area contributed by atoms with Gasteiger partial charge in [0.25, 0.3) is 11.5 Å². The fraction of sp³-hybridized carbons (Fsp3) is 0.448. The lowest BCUT2D eigenvalue weighted by Gasteiger charge is -2.35. The Morgan fingerprint density at radius 1 is 1.13 bits per heavy atom. The van der Waals surface area contributed by atoms with Crippen molar-refractivity contribution in [3.63, 3.8) is 0 Å². The van der Waals surface area contributed by atoms with Crippen molar-refractivity contribution in [2.75, 3.05) is 11.1 Å². The Bertz CT molecular complexity index is 1610. The van der Waals surface area contributed by atoms with Crippen LogP contribution in [0, 0.1) is 0 Å². The van der Waals surface area contributed by atoms with Crippen LogP contribution >= 0.6 is 23.8 Å². The van der Waals surface area contributed by atoms with Gasteiger partial charge in [-0.25, -0.2) is 14.8 Å². The molecule has 2 atom stereocenters. The van der Waals surface area contributed by atoms with E-state index in [0.717, 1.165) is 0 Å². The quantitative estimate of drug-likeness (QED) is 0.147. The molecule has 0 aliphatic carbocycles. The molecule has 0 radical (unpaired) electrons. The van der Waals surface area contributed by atoms with Crippen molar-refractivity contribution in [1.29, 1.82) is 0 Å². The SMILES string of the molecule is CCC(C)(CC(C)(C)SC(C)=O)OSC(=O)CCC(NC(=O)c1ccc(NCc2cnc3nc(N)[nH]c(=O)c3n2)cc1)C(=O)O. The monoisotopic (exact) mass is 659 g/mol. The minimum atomic E-state index is -1.29. The number of nitrogens with two attached hydrogens (primary N) is 1. The van der Waals surface area contributed by atoms with Gasteiger partial charge in [0.2, 0.25) is 11.1 Å². The van der Waals surface area contributed by atoms with Crippen LogP contribution in [0.2, 0.25) is 0 Å². The number of aromatic nitrogens is 4. The number of carboxylic acids is 1. The number of anilines is 2. The standard InChI is InChI=1S/C29H37N7O7S2/c1-6-29(5,15-28(3,4)44-16(2)37)43-45-21(38)12-11-20(26(41)42)34-24(39)17-7-9-18(10-8-17)31-13-19-14-32-23-22(33-19)25(40)36-27(30)35-23/h7-10,14,20,31H,6,11-13,15H2,1-5H3,(H,34,39)(H,41,42)(H3,30,32,35,36,40). The van der Waals surface area contributed by atoms with Crippen LogP contribution in [0.3, 0.4) is 0 Å². The number of H-pyrrole nitrogens is 1. The van der Waals surface area contributed by atoms with Crippen molar-refractivity contribution >= 4 is 68.7 Å². The summed E-state index contributed by atoms with van der Waals surface area (Å²) >= 11 is 1.88. The largest absolute Gasteiger partial charge is 0.480 e. The Morgan fingerprint density at radius 2 is 1.82 bits per heavy atom. The molecule has 242 valence electrons. The molecular weight excluding hydrogens is 622 g/mol. The molecule has 6 N–H and O–H groups in total. The first kappa shape index (κ1) is 35.5. The van der Waals surface area contributed by atoms with Gasteiger partial charge in [0.15, 0.2) is 16.3 Å². The summed E-state index contributed by atoms with van der Waals surface area (Å²) in [6.07, 6.45) is 2.33. The second-order valence-corrected chi connectivity index (χ2v) is 13.9. The summed E-state index contributed by atoms with van der Waals surface area (Å²) in [4.78, 5) is 75.5. The number of aromatic amines is 1. The first-order chi connectivity index (χ1) is 21.1. The van der Waals surface area contributed by atoms with Crippen LogP contribution in [0.1, 0.15) is 76.4 Å². The number of nitrogen functional groups attached to an aromatic ring is 1. The van der Waals surface area contributed by atoms with Gasteiger partial charge in [0.05, 0.1) is 36.1 Å². The van der Waals surface area contributed by atoms with Crippen LogP contribution in [0.5, 0.6) is 0 Å². The van der Waals surface area contributed by atoms with Gasteiger partial charge in [-0.3, -0.25) is 24.2 Å². The molecule has 0 spiro atoms. The lowest BCUT2D eigenvalue weighted by Crippen LogP contribution is -2.41. The molecule has 0 saturated carbocycles. The maximum absolute atomic E-state index is 12.8. The summed E-state index contributed by atoms with van der Waals surface area (Å²) in [5.41, 5.74) is 5.86. The number of hydrogen-bond acceptors (Lipinski definition) is 13. The smallest absolute Gasteiger partial charge is 0.326 e. The molecule has 0 fully saturated rings. The van der Waals surface area contributed by atoms with Crippen molar-refractivity contribution in [2.45, 2.75) is 83.2 Å². The zero-order valence-electron chi connectivity index (χ0n) is 25.6. The Labute approximate surface area is 268 Å². The number of hydrogen-bond donors (Lipinski definition) is 5. The minimum Gasteiger partial charge on any atom is -0.480 e. The fourth-order valence-corrected chi connectivity index (χ4v) is 6.30. The summed E-state index contributed by atoms with van der Waals surface area (Å²) in [5.74, 6) is -1.93. The topological polar surface area (TPSA) is 219 Å². The van der Waals surface area contributed by atoms with E-state index in [1.807, 2.05) is 27.7 Å². The van der Waals surface area contributed by atoms with Crippen LogP contribution in [0.25, 0.3) is 11.2 Å². The van der Waals surface area contributed by atoms with Gasteiger partial charge in [-0.05, 0) is 50.5 Å². The predicted octanol–water partition coefficient (Wildman–Crippen LogP) is 3.68. The predicted molar refractivity (Wildman–Crippen MR) is 174 cm³/mol. The van der Waals surface area contributed by atoms with E-state index >= 15 is 0 Å². The highest BCUT2D eigenvalue weighted by Gasteiger charge is 2.35. The summed E-state index contributed by atoms with van der Waals surface area (Å²) in [7, 11) is 0. The third-order valence-electron chi connectivity index (χ3n) is 6.65. The molecule has 2 heterocycles. The molecule has 0 bridgehead atoms. The number of nitrogens with one attached hydrogen (secondary N) is 3. The average Bonchev–Trinajstić information content (AvgIpc) is 2.96. The zero-order valence-corrected chi connectivity index (χ0v) is 27.3. The van der Waals surface area contributed by atoms with Gasteiger partial charge >= 0.3 is 5.97 Å². The highest BCUT2D eigenvalue weighted by atomic mass is 32.2. The van der Waals surface area contributed by atoms with Gasteiger partial charge < -0.3 is 25.7 Å². The van der Waals surface area contributed by atoms with Crippen molar-refractivity contribution < 1.29 is 28.5 Å². The number of benzene rings is 1. The number of thioether (sulfide) groups is 1. The number of fused-ring (bicyclic) bond motifs is 1. The normalized spacial score (nSPS) is 13.5. The van der Waals surface area contributed by atoms with E-state index in [1.54, 1.807) is 12.1 Å². The lowest BCUT2D eigenvalue weighted by molar-refractivity contribution is -0.139. The molecule has 3 aromatic rings. The van der Waals surface area contributed by atoms with Crippen LogP contribution in [-0.2, 0) is 25.1 Å². The maximum atomic E-state index is 12.8. The summed E-state index contributed by atoms with van der Waals surface area (Å²) < 4.78 is 5.47. The van der Waals surface area contributed by atoms with Gasteiger partial charge in [-0.1, -0.05) is 32.5 Å². The number of carbonyl (C=O) groups is 4. The number of carboxylic acid groups (broad SMARTS) is 1. The van der Waals surface area contributed by atoms with Crippen molar-refractivity contribution in [1.82, 2.24) is 25.3 Å². The maximum Gasteiger partial charge on any atom is 0.326 e. The van der Waals surface area contributed by atoms with Crippen molar-refractivity contribution in [2.24, 2.45) is 0 Å². The molecule has 1 aromatic carbocycles. The molecule has 0 saturated heterocycles. The number of nitrogens with zero attached hydrogens (tertiary/aromatic N) is 3. The van der Waals surface area contributed by atoms with Crippen molar-refractivity contribution in [3.05, 3.63) is 52.1 Å². The highest BCUT2D eigenvalue weighted by molar-refractivity contribution is 8.14. The van der Waals surface area contributed by atoms with E-state index in [1.165, 1.54) is 37.0 Å². The van der Waals surface area contributed by atoms with Crippen LogP contribution in [0.4, 0.5) is 11.6 Å². The van der Waals surface area contributed by atoms with Gasteiger partial charge in [-0.15, -0.1) is 0 Å². The third kappa shape index (κ3) is 10.8. The molecular formula is C29H37N7O7S2. The lowest BCUT2D eigenvalue weighted by atomic mass is 9.91. The molecule has 45 heavy (non-hydrogen) atoms. The number of amides is 1. The van der Waals surface area contributed by atoms with Crippen LogP contribution in [0.15, 0.2) is 35.3 Å². The zero-order chi connectivity index (χ0) is 33.4. The average molecular weight is 660 g/mol.